The summed E-state index contributed by atoms with van der Waals surface area (Å²) in [7, 11) is 0. The third-order valence-electron chi connectivity index (χ3n) is 5.58. The van der Waals surface area contributed by atoms with Crippen LogP contribution in [-0.2, 0) is 0 Å². The van der Waals surface area contributed by atoms with Crippen LogP contribution in [0.1, 0.15) is 55.4 Å². The summed E-state index contributed by atoms with van der Waals surface area (Å²) in [6.07, 6.45) is 6.30. The summed E-state index contributed by atoms with van der Waals surface area (Å²) in [5.74, 6) is -1.44. The van der Waals surface area contributed by atoms with Crippen LogP contribution < -0.4 is 10.3 Å². The summed E-state index contributed by atoms with van der Waals surface area (Å²) >= 11 is 6.67. The van der Waals surface area contributed by atoms with Gasteiger partial charge in [-0.3, -0.25) is 4.79 Å². The lowest BCUT2D eigenvalue weighted by Crippen LogP contribution is -2.29. The van der Waals surface area contributed by atoms with Gasteiger partial charge in [0.15, 0.2) is 0 Å². The van der Waals surface area contributed by atoms with Gasteiger partial charge >= 0.3 is 5.97 Å². The number of aromatic nitrogens is 1. The number of pyridine rings is 1. The number of carboxylic acid groups (broad SMARTS) is 1. The first kappa shape index (κ1) is 18.3. The fraction of sp³-hybridized carbons (Fsp3) is 0.500. The number of aromatic carboxylic acids is 1. The van der Waals surface area contributed by atoms with Crippen molar-refractivity contribution >= 4 is 34.2 Å². The molecule has 7 heteroatoms. The van der Waals surface area contributed by atoms with Gasteiger partial charge in [-0.05, 0) is 37.7 Å². The highest BCUT2D eigenvalue weighted by Crippen LogP contribution is 2.42. The second-order valence-electron chi connectivity index (χ2n) is 7.78. The molecule has 1 aromatic carbocycles. The van der Waals surface area contributed by atoms with Gasteiger partial charge < -0.3 is 14.6 Å². The molecule has 2 heterocycles. The van der Waals surface area contributed by atoms with Gasteiger partial charge in [0.25, 0.3) is 0 Å². The van der Waals surface area contributed by atoms with Gasteiger partial charge in [-0.15, -0.1) is 0 Å². The largest absolute Gasteiger partial charge is 0.477 e. The summed E-state index contributed by atoms with van der Waals surface area (Å²) in [6, 6.07) is 1.27. The number of halogens is 2. The quantitative estimate of drug-likeness (QED) is 0.838. The first-order chi connectivity index (χ1) is 12.9. The number of nitrogens with zero attached hydrogens (tertiary/aromatic N) is 2. The summed E-state index contributed by atoms with van der Waals surface area (Å²) in [4.78, 5) is 26.1. The average molecular weight is 393 g/mol. The van der Waals surface area contributed by atoms with E-state index in [1.54, 1.807) is 4.57 Å². The highest BCUT2D eigenvalue weighted by molar-refractivity contribution is 6.38. The zero-order valence-electron chi connectivity index (χ0n) is 15.2. The highest BCUT2D eigenvalue weighted by Gasteiger charge is 2.30. The Morgan fingerprint density at radius 1 is 1.30 bits per heavy atom. The molecular weight excluding hydrogens is 371 g/mol. The maximum atomic E-state index is 15.1. The molecule has 1 aromatic heterocycles. The minimum Gasteiger partial charge on any atom is -0.477 e. The maximum Gasteiger partial charge on any atom is 0.341 e. The van der Waals surface area contributed by atoms with Gasteiger partial charge in [0, 0.05) is 25.3 Å². The van der Waals surface area contributed by atoms with Crippen molar-refractivity contribution in [2.24, 2.45) is 5.92 Å². The Morgan fingerprint density at radius 3 is 2.70 bits per heavy atom. The van der Waals surface area contributed by atoms with Gasteiger partial charge in [0.1, 0.15) is 11.4 Å². The van der Waals surface area contributed by atoms with E-state index in [1.807, 2.05) is 4.90 Å². The van der Waals surface area contributed by atoms with Gasteiger partial charge in [0.2, 0.25) is 5.43 Å². The summed E-state index contributed by atoms with van der Waals surface area (Å²) in [5, 5.41) is 9.61. The number of carbonyl (C=O) groups is 1. The van der Waals surface area contributed by atoms with Crippen LogP contribution in [0.15, 0.2) is 17.1 Å². The molecular formula is C20H22ClFN2O3. The summed E-state index contributed by atoms with van der Waals surface area (Å²) in [5.41, 5.74) is -0.260. The average Bonchev–Trinajstić information content (AvgIpc) is 3.44. The molecule has 144 valence electrons. The van der Waals surface area contributed by atoms with E-state index in [0.717, 1.165) is 32.1 Å². The van der Waals surface area contributed by atoms with Crippen LogP contribution in [0.3, 0.4) is 0 Å². The van der Waals surface area contributed by atoms with Crippen molar-refractivity contribution in [2.45, 2.75) is 45.1 Å². The Labute approximate surface area is 161 Å². The first-order valence-electron chi connectivity index (χ1n) is 9.43. The van der Waals surface area contributed by atoms with Gasteiger partial charge in [0.05, 0.1) is 21.6 Å². The summed E-state index contributed by atoms with van der Waals surface area (Å²) in [6.45, 7) is 3.57. The number of carboxylic acids is 1. The Hall–Kier alpha value is -2.08. The van der Waals surface area contributed by atoms with Crippen molar-refractivity contribution < 1.29 is 14.3 Å². The van der Waals surface area contributed by atoms with Crippen LogP contribution in [0.5, 0.6) is 0 Å². The Balaban J connectivity index is 1.98. The molecule has 1 saturated heterocycles. The number of hydrogen-bond acceptors (Lipinski definition) is 3. The molecule has 0 spiro atoms. The van der Waals surface area contributed by atoms with E-state index in [4.69, 9.17) is 11.6 Å². The monoisotopic (exact) mass is 392 g/mol. The van der Waals surface area contributed by atoms with E-state index in [2.05, 4.69) is 6.92 Å². The van der Waals surface area contributed by atoms with Crippen molar-refractivity contribution in [1.82, 2.24) is 4.57 Å². The maximum absolute atomic E-state index is 15.1. The van der Waals surface area contributed by atoms with Crippen molar-refractivity contribution in [3.8, 4) is 0 Å². The minimum absolute atomic E-state index is 0.0379. The molecule has 1 atom stereocenters. The fourth-order valence-electron chi connectivity index (χ4n) is 4.07. The van der Waals surface area contributed by atoms with Crippen LogP contribution >= 0.6 is 11.6 Å². The third kappa shape index (κ3) is 3.20. The van der Waals surface area contributed by atoms with E-state index in [1.165, 1.54) is 12.3 Å². The molecule has 2 aliphatic rings. The molecule has 2 fully saturated rings. The van der Waals surface area contributed by atoms with Crippen LogP contribution in [0.2, 0.25) is 5.02 Å². The number of rotatable bonds is 3. The molecule has 0 bridgehead atoms. The zero-order valence-corrected chi connectivity index (χ0v) is 15.9. The van der Waals surface area contributed by atoms with E-state index in [0.29, 0.717) is 30.2 Å². The van der Waals surface area contributed by atoms with Crippen molar-refractivity contribution in [2.75, 3.05) is 18.0 Å². The second kappa shape index (κ2) is 6.82. The summed E-state index contributed by atoms with van der Waals surface area (Å²) < 4.78 is 16.8. The normalized spacial score (nSPS) is 20.7. The molecule has 0 unspecified atom stereocenters. The molecule has 27 heavy (non-hydrogen) atoms. The molecule has 0 radical (unpaired) electrons. The predicted molar refractivity (Wildman–Crippen MR) is 104 cm³/mol. The van der Waals surface area contributed by atoms with Gasteiger partial charge in [-0.2, -0.15) is 0 Å². The van der Waals surface area contributed by atoms with Crippen LogP contribution in [0, 0.1) is 11.7 Å². The number of hydrogen-bond donors (Lipinski definition) is 1. The SMILES string of the molecule is C[C@@H]1CCCCN(c2c(F)cc3c(=O)c(C(=O)O)cn(C4CC4)c3c2Cl)C1. The molecule has 0 amide bonds. The Bertz CT molecular complexity index is 984. The topological polar surface area (TPSA) is 62.5 Å². The highest BCUT2D eigenvalue weighted by atomic mass is 35.5. The van der Waals surface area contributed by atoms with Crippen LogP contribution in [-0.4, -0.2) is 28.7 Å². The third-order valence-corrected chi connectivity index (χ3v) is 5.94. The molecule has 4 rings (SSSR count). The number of fused-ring (bicyclic) bond motifs is 1. The molecule has 5 nitrogen and oxygen atoms in total. The molecule has 1 aliphatic heterocycles. The van der Waals surface area contributed by atoms with Gasteiger partial charge in [-0.25, -0.2) is 9.18 Å². The zero-order chi connectivity index (χ0) is 19.3. The van der Waals surface area contributed by atoms with E-state index >= 15 is 4.39 Å². The van der Waals surface area contributed by atoms with Crippen LogP contribution in [0.4, 0.5) is 10.1 Å². The Kier molecular flexibility index (Phi) is 4.62. The number of anilines is 1. The van der Waals surface area contributed by atoms with Gasteiger partial charge in [-0.1, -0.05) is 24.9 Å². The van der Waals surface area contributed by atoms with E-state index < -0.39 is 17.2 Å². The molecule has 1 saturated carbocycles. The lowest BCUT2D eigenvalue weighted by atomic mass is 10.1. The van der Waals surface area contributed by atoms with Crippen molar-refractivity contribution in [1.29, 1.82) is 0 Å². The smallest absolute Gasteiger partial charge is 0.341 e. The van der Waals surface area contributed by atoms with E-state index in [-0.39, 0.29) is 22.0 Å². The second-order valence-corrected chi connectivity index (χ2v) is 8.16. The lowest BCUT2D eigenvalue weighted by molar-refractivity contribution is 0.0695. The molecule has 1 aliphatic carbocycles. The minimum atomic E-state index is -1.31. The Morgan fingerprint density at radius 2 is 2.04 bits per heavy atom. The lowest BCUT2D eigenvalue weighted by Gasteiger charge is -2.27. The molecule has 1 N–H and O–H groups in total. The number of benzene rings is 1. The van der Waals surface area contributed by atoms with Crippen molar-refractivity contribution in [3.05, 3.63) is 38.9 Å². The molecule has 2 aromatic rings. The fourth-order valence-corrected chi connectivity index (χ4v) is 4.48. The van der Waals surface area contributed by atoms with Crippen LogP contribution in [0.25, 0.3) is 10.9 Å². The standard InChI is InChI=1S/C20H22ClFN2O3/c1-11-4-2-3-7-23(9-11)18-15(22)8-13-17(16(18)21)24(12-5-6-12)10-14(19(13)25)20(26)27/h8,10-12H,2-7,9H2,1H3,(H,26,27)/t11-/m1/s1. The van der Waals surface area contributed by atoms with E-state index in [9.17, 15) is 14.7 Å². The first-order valence-corrected chi connectivity index (χ1v) is 9.81. The predicted octanol–water partition coefficient (Wildman–Crippen LogP) is 4.45. The van der Waals surface area contributed by atoms with Crippen molar-refractivity contribution in [3.63, 3.8) is 0 Å².